The first kappa shape index (κ1) is 24.5. The summed E-state index contributed by atoms with van der Waals surface area (Å²) in [6.45, 7) is 9.50. The van der Waals surface area contributed by atoms with Gasteiger partial charge < -0.3 is 23.7 Å². The zero-order valence-corrected chi connectivity index (χ0v) is 3.45. The van der Waals surface area contributed by atoms with Crippen molar-refractivity contribution in [1.82, 2.24) is 0 Å². The van der Waals surface area contributed by atoms with Gasteiger partial charge >= 0.3 is 17.1 Å². The smallest absolute Gasteiger partial charge is 0.512 e. The van der Waals surface area contributed by atoms with Crippen LogP contribution >= 0.6 is 0 Å². The Kier molecular flexibility index (Phi) is 428. The SMILES string of the molecule is [C-]#N.[C-]#N.[Mn+2]. The second kappa shape index (κ2) is 87.3. The topological polar surface area (TPSA) is 47.6 Å². The standard InChI is InChI=1S/2CN.Mn/c2*1-2;/q2*-1;+2. The molecule has 0 atom stereocenters. The maximum Gasteiger partial charge on any atom is 2.00 e. The van der Waals surface area contributed by atoms with Crippen molar-refractivity contribution in [3.8, 4) is 0 Å². The molecule has 0 aliphatic heterocycles. The van der Waals surface area contributed by atoms with Crippen LogP contribution in [0.15, 0.2) is 0 Å². The average molecular weight is 107 g/mol. The zero-order valence-electron chi connectivity index (χ0n) is 2.27. The fraction of sp³-hybridized carbons (Fsp3) is 0. The van der Waals surface area contributed by atoms with E-state index in [0.717, 1.165) is 0 Å². The van der Waals surface area contributed by atoms with Crippen LogP contribution in [-0.4, -0.2) is 0 Å². The molecule has 0 aliphatic carbocycles. The molecule has 3 heteroatoms. The van der Waals surface area contributed by atoms with Gasteiger partial charge in [-0.2, -0.15) is 0 Å². The molecule has 0 spiro atoms. The molecule has 25 valence electrons. The molecule has 0 unspecified atom stereocenters. The van der Waals surface area contributed by atoms with Gasteiger partial charge in [-0.05, 0) is 0 Å². The number of nitrogens with zero attached hydrogens (tertiary/aromatic N) is 2. The molecule has 0 saturated carbocycles. The Labute approximate surface area is 41.5 Å². The summed E-state index contributed by atoms with van der Waals surface area (Å²) >= 11 is 0. The Morgan fingerprint density at radius 2 is 0.800 bits per heavy atom. The molecule has 0 aromatic heterocycles. The Morgan fingerprint density at radius 3 is 0.800 bits per heavy atom. The minimum Gasteiger partial charge on any atom is -0.512 e. The van der Waals surface area contributed by atoms with E-state index in [-0.39, 0.29) is 17.1 Å². The molecule has 0 bridgehead atoms. The van der Waals surface area contributed by atoms with Crippen LogP contribution in [0.25, 0.3) is 0 Å². The molecular weight excluding hydrogens is 107 g/mol. The quantitative estimate of drug-likeness (QED) is 0.327. The molecule has 0 aromatic rings. The van der Waals surface area contributed by atoms with Crippen molar-refractivity contribution in [2.75, 3.05) is 0 Å². The molecule has 0 rings (SSSR count). The predicted octanol–water partition coefficient (Wildman–Crippen LogP) is 0.190. The molecular formula is C2MnN2. The van der Waals surface area contributed by atoms with Crippen LogP contribution in [0.3, 0.4) is 0 Å². The summed E-state index contributed by atoms with van der Waals surface area (Å²) in [4.78, 5) is 0. The fourth-order valence-corrected chi connectivity index (χ4v) is 0. The summed E-state index contributed by atoms with van der Waals surface area (Å²) in [6, 6.07) is 0. The van der Waals surface area contributed by atoms with E-state index in [9.17, 15) is 0 Å². The van der Waals surface area contributed by atoms with E-state index in [4.69, 9.17) is 23.7 Å². The molecule has 2 nitrogen and oxygen atoms in total. The monoisotopic (exact) mass is 107 g/mol. The summed E-state index contributed by atoms with van der Waals surface area (Å²) in [5.41, 5.74) is 0. The van der Waals surface area contributed by atoms with Gasteiger partial charge in [-0.25, -0.2) is 0 Å². The first-order valence-corrected chi connectivity index (χ1v) is 0.447. The van der Waals surface area contributed by atoms with Crippen molar-refractivity contribution in [3.63, 3.8) is 0 Å². The molecule has 0 aliphatic rings. The van der Waals surface area contributed by atoms with Crippen LogP contribution in [-0.2, 0) is 17.1 Å². The van der Waals surface area contributed by atoms with E-state index < -0.39 is 0 Å². The van der Waals surface area contributed by atoms with E-state index in [1.165, 1.54) is 0 Å². The van der Waals surface area contributed by atoms with Crippen LogP contribution in [0.4, 0.5) is 0 Å². The number of hydrogen-bond acceptors (Lipinski definition) is 2. The molecule has 0 amide bonds. The summed E-state index contributed by atoms with van der Waals surface area (Å²) in [5, 5.41) is 12.5. The maximum atomic E-state index is 6.25. The third kappa shape index (κ3) is 31.4. The van der Waals surface area contributed by atoms with Gasteiger partial charge in [0.1, 0.15) is 0 Å². The van der Waals surface area contributed by atoms with Crippen LogP contribution in [0, 0.1) is 23.7 Å². The number of hydrogen-bond donors (Lipinski definition) is 0. The van der Waals surface area contributed by atoms with Gasteiger partial charge in [-0.15, -0.1) is 0 Å². The summed E-state index contributed by atoms with van der Waals surface area (Å²) in [7, 11) is 0. The summed E-state index contributed by atoms with van der Waals surface area (Å²) in [6.07, 6.45) is 0. The second-order valence-electron chi connectivity index (χ2n) is 0. The van der Waals surface area contributed by atoms with Crippen LogP contribution < -0.4 is 0 Å². The minimum absolute atomic E-state index is 0. The van der Waals surface area contributed by atoms with Crippen molar-refractivity contribution >= 4 is 0 Å². The molecule has 0 aromatic carbocycles. The Balaban J connectivity index is -0.0000000133. The maximum absolute atomic E-state index is 6.25. The third-order valence-electron chi connectivity index (χ3n) is 0. The molecule has 0 saturated heterocycles. The van der Waals surface area contributed by atoms with Crippen LogP contribution in [0.5, 0.6) is 0 Å². The number of rotatable bonds is 0. The molecule has 0 fully saturated rings. The Morgan fingerprint density at radius 1 is 0.800 bits per heavy atom. The molecule has 1 radical (unpaired) electrons. The fourth-order valence-electron chi connectivity index (χ4n) is 0. The van der Waals surface area contributed by atoms with Gasteiger partial charge in [-0.1, -0.05) is 0 Å². The van der Waals surface area contributed by atoms with E-state index in [0.29, 0.717) is 0 Å². The minimum atomic E-state index is 0. The normalized spacial score (nSPS) is 0.800. The second-order valence-corrected chi connectivity index (χ2v) is 0. The van der Waals surface area contributed by atoms with Crippen molar-refractivity contribution in [1.29, 1.82) is 10.5 Å². The van der Waals surface area contributed by atoms with Crippen molar-refractivity contribution in [3.05, 3.63) is 13.1 Å². The van der Waals surface area contributed by atoms with E-state index in [1.807, 2.05) is 0 Å². The third-order valence-corrected chi connectivity index (χ3v) is 0. The van der Waals surface area contributed by atoms with E-state index >= 15 is 0 Å². The predicted molar refractivity (Wildman–Crippen MR) is 9.94 cm³/mol. The van der Waals surface area contributed by atoms with Gasteiger partial charge in [0.15, 0.2) is 0 Å². The van der Waals surface area contributed by atoms with Gasteiger partial charge in [0.05, 0.1) is 0 Å². The van der Waals surface area contributed by atoms with Crippen LogP contribution in [0.2, 0.25) is 0 Å². The Hall–Kier alpha value is -0.501. The van der Waals surface area contributed by atoms with Gasteiger partial charge in [0.25, 0.3) is 0 Å². The summed E-state index contributed by atoms with van der Waals surface area (Å²) < 4.78 is 0. The molecule has 5 heavy (non-hydrogen) atoms. The van der Waals surface area contributed by atoms with E-state index in [2.05, 4.69) is 0 Å². The Bertz CT molecular complexity index is 23.1. The van der Waals surface area contributed by atoms with Crippen LogP contribution in [0.1, 0.15) is 0 Å². The van der Waals surface area contributed by atoms with Crippen molar-refractivity contribution in [2.45, 2.75) is 0 Å². The zero-order chi connectivity index (χ0) is 4.00. The van der Waals surface area contributed by atoms with Gasteiger partial charge in [-0.3, -0.25) is 0 Å². The first-order chi connectivity index (χ1) is 2.00. The van der Waals surface area contributed by atoms with Crippen molar-refractivity contribution in [2.24, 2.45) is 0 Å². The van der Waals surface area contributed by atoms with Crippen molar-refractivity contribution < 1.29 is 17.1 Å². The first-order valence-electron chi connectivity index (χ1n) is 0.447. The van der Waals surface area contributed by atoms with E-state index in [1.54, 1.807) is 0 Å². The van der Waals surface area contributed by atoms with Gasteiger partial charge in [0.2, 0.25) is 0 Å². The summed E-state index contributed by atoms with van der Waals surface area (Å²) in [5.74, 6) is 0. The van der Waals surface area contributed by atoms with Gasteiger partial charge in [0, 0.05) is 0 Å². The largest absolute Gasteiger partial charge is 2.00 e. The molecule has 0 N–H and O–H groups in total. The molecule has 0 heterocycles. The average Bonchev–Trinajstić information content (AvgIpc) is 1.50.